The fourth-order valence-corrected chi connectivity index (χ4v) is 2.04. The van der Waals surface area contributed by atoms with Crippen molar-refractivity contribution in [2.45, 2.75) is 6.42 Å². The normalized spacial score (nSPS) is 15.6. The number of ether oxygens (including phenoxy) is 1. The lowest BCUT2D eigenvalue weighted by molar-refractivity contribution is -0.124. The lowest BCUT2D eigenvalue weighted by atomic mass is 10.2. The minimum Gasteiger partial charge on any atom is -0.492 e. The summed E-state index contributed by atoms with van der Waals surface area (Å²) in [5.41, 5.74) is 0.555. The maximum absolute atomic E-state index is 11.2. The van der Waals surface area contributed by atoms with E-state index in [9.17, 15) is 4.79 Å². The highest BCUT2D eigenvalue weighted by molar-refractivity contribution is 5.78. The molecule has 2 rings (SSSR count). The van der Waals surface area contributed by atoms with Crippen LogP contribution in [0.1, 0.15) is 12.0 Å². The summed E-state index contributed by atoms with van der Waals surface area (Å²) in [5.74, 6) is 0.711. The van der Waals surface area contributed by atoms with Crippen molar-refractivity contribution in [1.29, 1.82) is 5.26 Å². The van der Waals surface area contributed by atoms with Crippen LogP contribution in [0.3, 0.4) is 0 Å². The topological polar surface area (TPSA) is 65.4 Å². The minimum atomic E-state index is 0.0852. The van der Waals surface area contributed by atoms with Gasteiger partial charge < -0.3 is 10.1 Å². The van der Waals surface area contributed by atoms with Crippen LogP contribution in [0.25, 0.3) is 0 Å². The number of amides is 1. The van der Waals surface area contributed by atoms with Crippen molar-refractivity contribution in [3.63, 3.8) is 0 Å². The molecular formula is C14H17N3O2. The van der Waals surface area contributed by atoms with Crippen molar-refractivity contribution in [3.8, 4) is 11.8 Å². The zero-order chi connectivity index (χ0) is 13.5. The molecule has 5 heteroatoms. The van der Waals surface area contributed by atoms with Crippen LogP contribution in [0.5, 0.6) is 5.75 Å². The largest absolute Gasteiger partial charge is 0.492 e. The number of piperazine rings is 1. The molecular weight excluding hydrogens is 242 g/mol. The van der Waals surface area contributed by atoms with Crippen molar-refractivity contribution in [2.24, 2.45) is 0 Å². The fraction of sp³-hybridized carbons (Fsp3) is 0.429. The maximum Gasteiger partial charge on any atom is 0.234 e. The Morgan fingerprint density at radius 2 is 2.26 bits per heavy atom. The van der Waals surface area contributed by atoms with E-state index in [2.05, 4.69) is 16.3 Å². The van der Waals surface area contributed by atoms with E-state index in [1.807, 2.05) is 12.1 Å². The van der Waals surface area contributed by atoms with Crippen LogP contribution in [0, 0.1) is 11.3 Å². The molecule has 5 nitrogen and oxygen atoms in total. The molecule has 0 aromatic heterocycles. The van der Waals surface area contributed by atoms with Crippen molar-refractivity contribution < 1.29 is 9.53 Å². The number of carbonyl (C=O) groups excluding carboxylic acids is 1. The van der Waals surface area contributed by atoms with E-state index >= 15 is 0 Å². The molecule has 1 N–H and O–H groups in total. The summed E-state index contributed by atoms with van der Waals surface area (Å²) >= 11 is 0. The number of nitrogens with zero attached hydrogens (tertiary/aromatic N) is 2. The van der Waals surface area contributed by atoms with E-state index in [0.717, 1.165) is 26.1 Å². The fourth-order valence-electron chi connectivity index (χ4n) is 2.04. The summed E-state index contributed by atoms with van der Waals surface area (Å²) in [6.45, 7) is 3.46. The molecule has 19 heavy (non-hydrogen) atoms. The van der Waals surface area contributed by atoms with Crippen molar-refractivity contribution in [1.82, 2.24) is 10.2 Å². The first kappa shape index (κ1) is 13.4. The summed E-state index contributed by atoms with van der Waals surface area (Å²) in [6, 6.07) is 9.31. The van der Waals surface area contributed by atoms with Gasteiger partial charge in [-0.15, -0.1) is 0 Å². The summed E-state index contributed by atoms with van der Waals surface area (Å²) < 4.78 is 5.60. The van der Waals surface area contributed by atoms with Gasteiger partial charge in [0, 0.05) is 19.6 Å². The van der Waals surface area contributed by atoms with E-state index in [1.165, 1.54) is 0 Å². The second-order valence-corrected chi connectivity index (χ2v) is 4.44. The van der Waals surface area contributed by atoms with Crippen molar-refractivity contribution in [2.75, 3.05) is 32.8 Å². The van der Waals surface area contributed by atoms with Crippen LogP contribution in [-0.2, 0) is 4.79 Å². The van der Waals surface area contributed by atoms with E-state index < -0.39 is 0 Å². The Labute approximate surface area is 112 Å². The molecule has 0 atom stereocenters. The second kappa shape index (κ2) is 6.76. The van der Waals surface area contributed by atoms with Crippen molar-refractivity contribution >= 4 is 5.91 Å². The predicted molar refractivity (Wildman–Crippen MR) is 70.7 cm³/mol. The lowest BCUT2D eigenvalue weighted by Crippen LogP contribution is -2.47. The molecule has 1 aliphatic heterocycles. The van der Waals surface area contributed by atoms with Crippen LogP contribution in [0.4, 0.5) is 0 Å². The summed E-state index contributed by atoms with van der Waals surface area (Å²) in [4.78, 5) is 13.3. The highest BCUT2D eigenvalue weighted by atomic mass is 16.5. The third-order valence-corrected chi connectivity index (χ3v) is 3.00. The number of hydrogen-bond donors (Lipinski definition) is 1. The Morgan fingerprint density at radius 3 is 3.05 bits per heavy atom. The molecule has 0 radical (unpaired) electrons. The van der Waals surface area contributed by atoms with Gasteiger partial charge in [0.1, 0.15) is 11.8 Å². The van der Waals surface area contributed by atoms with Gasteiger partial charge in [0.25, 0.3) is 0 Å². The van der Waals surface area contributed by atoms with Gasteiger partial charge in [0.15, 0.2) is 0 Å². The molecule has 0 unspecified atom stereocenters. The lowest BCUT2D eigenvalue weighted by Gasteiger charge is -2.26. The molecule has 1 aromatic rings. The zero-order valence-corrected chi connectivity index (χ0v) is 10.8. The van der Waals surface area contributed by atoms with Crippen LogP contribution < -0.4 is 10.1 Å². The molecule has 1 aromatic carbocycles. The van der Waals surface area contributed by atoms with E-state index in [-0.39, 0.29) is 5.91 Å². The molecule has 1 saturated heterocycles. The van der Waals surface area contributed by atoms with E-state index in [1.54, 1.807) is 12.1 Å². The summed E-state index contributed by atoms with van der Waals surface area (Å²) in [6.07, 6.45) is 0.840. The Hall–Kier alpha value is -2.06. The standard InChI is InChI=1S/C14H17N3O2/c15-10-12-4-1-2-5-13(12)19-9-3-7-17-8-6-16-14(18)11-17/h1-2,4-5H,3,6-9,11H2,(H,16,18). The zero-order valence-electron chi connectivity index (χ0n) is 10.8. The summed E-state index contributed by atoms with van der Waals surface area (Å²) in [7, 11) is 0. The first-order chi connectivity index (χ1) is 9.29. The van der Waals surface area contributed by atoms with Crippen LogP contribution in [0.2, 0.25) is 0 Å². The van der Waals surface area contributed by atoms with Gasteiger partial charge in [-0.25, -0.2) is 0 Å². The number of para-hydroxylation sites is 1. The monoisotopic (exact) mass is 259 g/mol. The second-order valence-electron chi connectivity index (χ2n) is 4.44. The van der Waals surface area contributed by atoms with Gasteiger partial charge in [-0.1, -0.05) is 12.1 Å². The molecule has 1 heterocycles. The third-order valence-electron chi connectivity index (χ3n) is 3.00. The molecule has 0 saturated carbocycles. The van der Waals surface area contributed by atoms with Gasteiger partial charge in [0.2, 0.25) is 5.91 Å². The van der Waals surface area contributed by atoms with E-state index in [0.29, 0.717) is 24.5 Å². The maximum atomic E-state index is 11.2. The Morgan fingerprint density at radius 1 is 1.42 bits per heavy atom. The van der Waals surface area contributed by atoms with Gasteiger partial charge in [0.05, 0.1) is 18.7 Å². The number of rotatable bonds is 5. The molecule has 1 fully saturated rings. The van der Waals surface area contributed by atoms with E-state index in [4.69, 9.17) is 10.00 Å². The minimum absolute atomic E-state index is 0.0852. The average molecular weight is 259 g/mol. The van der Waals surface area contributed by atoms with Gasteiger partial charge in [-0.05, 0) is 18.6 Å². The van der Waals surface area contributed by atoms with Gasteiger partial charge >= 0.3 is 0 Å². The molecule has 0 spiro atoms. The number of hydrogen-bond acceptors (Lipinski definition) is 4. The highest BCUT2D eigenvalue weighted by Gasteiger charge is 2.15. The molecule has 0 bridgehead atoms. The van der Waals surface area contributed by atoms with Crippen LogP contribution in [0.15, 0.2) is 24.3 Å². The Balaban J connectivity index is 1.72. The number of nitrogens with one attached hydrogen (secondary N) is 1. The Bertz CT molecular complexity index is 482. The quantitative estimate of drug-likeness (QED) is 0.793. The average Bonchev–Trinajstić information content (AvgIpc) is 2.44. The third kappa shape index (κ3) is 3.97. The Kier molecular flexibility index (Phi) is 4.76. The first-order valence-electron chi connectivity index (χ1n) is 6.40. The number of carbonyl (C=O) groups is 1. The smallest absolute Gasteiger partial charge is 0.234 e. The number of benzene rings is 1. The highest BCUT2D eigenvalue weighted by Crippen LogP contribution is 2.16. The molecule has 1 amide bonds. The predicted octanol–water partition coefficient (Wildman–Crippen LogP) is 0.759. The van der Waals surface area contributed by atoms with Crippen LogP contribution >= 0.6 is 0 Å². The summed E-state index contributed by atoms with van der Waals surface area (Å²) in [5, 5.41) is 11.7. The number of nitriles is 1. The first-order valence-corrected chi connectivity index (χ1v) is 6.40. The van der Waals surface area contributed by atoms with Gasteiger partial charge in [-0.3, -0.25) is 9.69 Å². The molecule has 1 aliphatic rings. The van der Waals surface area contributed by atoms with Crippen molar-refractivity contribution in [3.05, 3.63) is 29.8 Å². The van der Waals surface area contributed by atoms with Gasteiger partial charge in [-0.2, -0.15) is 5.26 Å². The SMILES string of the molecule is N#Cc1ccccc1OCCCN1CCNC(=O)C1. The molecule has 100 valence electrons. The molecule has 0 aliphatic carbocycles. The van der Waals surface area contributed by atoms with Crippen LogP contribution in [-0.4, -0.2) is 43.6 Å².